The van der Waals surface area contributed by atoms with Crippen molar-refractivity contribution in [2.75, 3.05) is 49.6 Å². The van der Waals surface area contributed by atoms with Crippen LogP contribution >= 0.6 is 0 Å². The molecule has 0 atom stereocenters. The number of carbonyl (C=O) groups excluding carboxylic acids is 1. The zero-order valence-electron chi connectivity index (χ0n) is 17.1. The minimum absolute atomic E-state index is 0.141. The van der Waals surface area contributed by atoms with E-state index in [1.165, 1.54) is 5.69 Å². The molecule has 3 rings (SSSR count). The predicted octanol–water partition coefficient (Wildman–Crippen LogP) is 2.51. The van der Waals surface area contributed by atoms with Crippen molar-refractivity contribution in [2.45, 2.75) is 20.8 Å². The average Bonchev–Trinajstić information content (AvgIpc) is 2.71. The third kappa shape index (κ3) is 4.91. The van der Waals surface area contributed by atoms with Gasteiger partial charge in [0.15, 0.2) is 0 Å². The summed E-state index contributed by atoms with van der Waals surface area (Å²) in [6.07, 6.45) is 0. The summed E-state index contributed by atoms with van der Waals surface area (Å²) >= 11 is 0. The summed E-state index contributed by atoms with van der Waals surface area (Å²) in [5, 5.41) is 2.93. The van der Waals surface area contributed by atoms with Gasteiger partial charge in [0.05, 0.1) is 7.11 Å². The van der Waals surface area contributed by atoms with E-state index in [4.69, 9.17) is 4.74 Å². The summed E-state index contributed by atoms with van der Waals surface area (Å²) < 4.78 is 5.23. The first kappa shape index (κ1) is 19.9. The Labute approximate surface area is 166 Å². The molecule has 1 amide bonds. The van der Waals surface area contributed by atoms with Gasteiger partial charge in [0, 0.05) is 44.5 Å². The van der Waals surface area contributed by atoms with Gasteiger partial charge in [0.25, 0.3) is 5.91 Å². The molecule has 0 spiro atoms. The molecular formula is C21H29N5O2. The first-order valence-electron chi connectivity index (χ1n) is 9.74. The van der Waals surface area contributed by atoms with Gasteiger partial charge in [-0.15, -0.1) is 0 Å². The molecule has 2 aromatic rings. The SMILES string of the molecule is COc1ccc(N2CCN(c3cc(C(=O)NCC(C)C)nc(C)n3)CC2)cc1. The fraction of sp³-hybridized carbons (Fsp3) is 0.476. The van der Waals surface area contributed by atoms with Crippen LogP contribution in [0.5, 0.6) is 5.75 Å². The molecular weight excluding hydrogens is 354 g/mol. The lowest BCUT2D eigenvalue weighted by Crippen LogP contribution is -2.47. The van der Waals surface area contributed by atoms with Gasteiger partial charge in [0.2, 0.25) is 0 Å². The first-order chi connectivity index (χ1) is 13.5. The van der Waals surface area contributed by atoms with E-state index in [0.717, 1.165) is 37.7 Å². The van der Waals surface area contributed by atoms with Crippen molar-refractivity contribution in [2.24, 2.45) is 5.92 Å². The van der Waals surface area contributed by atoms with Crippen LogP contribution in [0.2, 0.25) is 0 Å². The lowest BCUT2D eigenvalue weighted by Gasteiger charge is -2.36. The minimum Gasteiger partial charge on any atom is -0.497 e. The Hall–Kier alpha value is -2.83. The molecule has 0 radical (unpaired) electrons. The summed E-state index contributed by atoms with van der Waals surface area (Å²) in [7, 11) is 1.68. The largest absolute Gasteiger partial charge is 0.497 e. The molecule has 1 fully saturated rings. The molecule has 0 unspecified atom stereocenters. The quantitative estimate of drug-likeness (QED) is 0.827. The first-order valence-corrected chi connectivity index (χ1v) is 9.74. The van der Waals surface area contributed by atoms with E-state index >= 15 is 0 Å². The fourth-order valence-corrected chi connectivity index (χ4v) is 3.20. The topological polar surface area (TPSA) is 70.6 Å². The third-order valence-electron chi connectivity index (χ3n) is 4.77. The van der Waals surface area contributed by atoms with Crippen LogP contribution in [0.1, 0.15) is 30.2 Å². The zero-order valence-corrected chi connectivity index (χ0v) is 17.1. The number of hydrogen-bond donors (Lipinski definition) is 1. The van der Waals surface area contributed by atoms with Crippen LogP contribution in [0.15, 0.2) is 30.3 Å². The molecule has 1 aliphatic heterocycles. The van der Waals surface area contributed by atoms with Crippen LogP contribution in [0, 0.1) is 12.8 Å². The van der Waals surface area contributed by atoms with Crippen LogP contribution in [0.3, 0.4) is 0 Å². The predicted molar refractivity (Wildman–Crippen MR) is 111 cm³/mol. The smallest absolute Gasteiger partial charge is 0.270 e. The normalized spacial score (nSPS) is 14.3. The van der Waals surface area contributed by atoms with E-state index in [1.807, 2.05) is 19.1 Å². The Bertz CT molecular complexity index is 799. The molecule has 1 aliphatic rings. The van der Waals surface area contributed by atoms with Crippen LogP contribution in [0.25, 0.3) is 0 Å². The summed E-state index contributed by atoms with van der Waals surface area (Å²) in [4.78, 5) is 25.8. The number of hydrogen-bond acceptors (Lipinski definition) is 6. The lowest BCUT2D eigenvalue weighted by atomic mass is 10.2. The van der Waals surface area contributed by atoms with Crippen molar-refractivity contribution in [3.63, 3.8) is 0 Å². The summed E-state index contributed by atoms with van der Waals surface area (Å²) in [6.45, 7) is 10.1. The van der Waals surface area contributed by atoms with Gasteiger partial charge in [-0.25, -0.2) is 9.97 Å². The molecule has 0 bridgehead atoms. The highest BCUT2D eigenvalue weighted by molar-refractivity contribution is 5.93. The summed E-state index contributed by atoms with van der Waals surface area (Å²) in [6, 6.07) is 9.93. The number of anilines is 2. The highest BCUT2D eigenvalue weighted by atomic mass is 16.5. The number of methoxy groups -OCH3 is 1. The second-order valence-corrected chi connectivity index (χ2v) is 7.43. The number of nitrogens with zero attached hydrogens (tertiary/aromatic N) is 4. The van der Waals surface area contributed by atoms with E-state index in [1.54, 1.807) is 13.2 Å². The maximum absolute atomic E-state index is 12.4. The van der Waals surface area contributed by atoms with E-state index < -0.39 is 0 Å². The lowest BCUT2D eigenvalue weighted by molar-refractivity contribution is 0.0943. The van der Waals surface area contributed by atoms with Gasteiger partial charge >= 0.3 is 0 Å². The van der Waals surface area contributed by atoms with E-state index in [0.29, 0.717) is 24.0 Å². The molecule has 1 saturated heterocycles. The van der Waals surface area contributed by atoms with Gasteiger partial charge in [-0.05, 0) is 37.1 Å². The standard InChI is InChI=1S/C21H29N5O2/c1-15(2)14-22-21(27)19-13-20(24-16(3)23-19)26-11-9-25(10-12-26)17-5-7-18(28-4)8-6-17/h5-8,13,15H,9-12,14H2,1-4H3,(H,22,27). The monoisotopic (exact) mass is 383 g/mol. The highest BCUT2D eigenvalue weighted by Gasteiger charge is 2.20. The van der Waals surface area contributed by atoms with Gasteiger partial charge in [-0.3, -0.25) is 4.79 Å². The number of benzene rings is 1. The van der Waals surface area contributed by atoms with Crippen LogP contribution < -0.4 is 19.9 Å². The molecule has 7 heteroatoms. The van der Waals surface area contributed by atoms with Crippen LogP contribution in [0.4, 0.5) is 11.5 Å². The van der Waals surface area contributed by atoms with Crippen LogP contribution in [-0.4, -0.2) is 55.7 Å². The van der Waals surface area contributed by atoms with E-state index in [9.17, 15) is 4.79 Å². The summed E-state index contributed by atoms with van der Waals surface area (Å²) in [5.74, 6) is 2.55. The Morgan fingerprint density at radius 2 is 1.75 bits per heavy atom. The average molecular weight is 383 g/mol. The molecule has 1 aromatic heterocycles. The summed E-state index contributed by atoms with van der Waals surface area (Å²) in [5.41, 5.74) is 1.62. The van der Waals surface area contributed by atoms with Gasteiger partial charge in [-0.2, -0.15) is 0 Å². The highest BCUT2D eigenvalue weighted by Crippen LogP contribution is 2.22. The van der Waals surface area contributed by atoms with Crippen molar-refractivity contribution in [3.8, 4) is 5.75 Å². The van der Waals surface area contributed by atoms with E-state index in [2.05, 4.69) is 51.1 Å². The Kier molecular flexibility index (Phi) is 6.34. The minimum atomic E-state index is -0.141. The second kappa shape index (κ2) is 8.91. The Balaban J connectivity index is 1.65. The zero-order chi connectivity index (χ0) is 20.1. The number of aryl methyl sites for hydroxylation is 1. The van der Waals surface area contributed by atoms with Crippen molar-refractivity contribution in [1.82, 2.24) is 15.3 Å². The Morgan fingerprint density at radius 1 is 1.11 bits per heavy atom. The number of carbonyl (C=O) groups is 1. The number of amides is 1. The third-order valence-corrected chi connectivity index (χ3v) is 4.77. The number of nitrogens with one attached hydrogen (secondary N) is 1. The van der Waals surface area contributed by atoms with Gasteiger partial charge in [-0.1, -0.05) is 13.8 Å². The van der Waals surface area contributed by atoms with Gasteiger partial charge < -0.3 is 19.9 Å². The number of rotatable bonds is 6. The maximum Gasteiger partial charge on any atom is 0.270 e. The molecule has 0 saturated carbocycles. The molecule has 28 heavy (non-hydrogen) atoms. The molecule has 150 valence electrons. The van der Waals surface area contributed by atoms with E-state index in [-0.39, 0.29) is 5.91 Å². The Morgan fingerprint density at radius 3 is 2.36 bits per heavy atom. The second-order valence-electron chi connectivity index (χ2n) is 7.43. The van der Waals surface area contributed by atoms with Crippen LogP contribution in [-0.2, 0) is 0 Å². The van der Waals surface area contributed by atoms with Gasteiger partial charge in [0.1, 0.15) is 23.1 Å². The van der Waals surface area contributed by atoms with Crippen molar-refractivity contribution in [1.29, 1.82) is 0 Å². The number of ether oxygens (including phenoxy) is 1. The fourth-order valence-electron chi connectivity index (χ4n) is 3.20. The molecule has 0 aliphatic carbocycles. The van der Waals surface area contributed by atoms with Crippen molar-refractivity contribution >= 4 is 17.4 Å². The van der Waals surface area contributed by atoms with Crippen molar-refractivity contribution < 1.29 is 9.53 Å². The molecule has 1 aromatic carbocycles. The molecule has 1 N–H and O–H groups in total. The number of piperazine rings is 1. The van der Waals surface area contributed by atoms with Crippen molar-refractivity contribution in [3.05, 3.63) is 41.9 Å². The molecule has 2 heterocycles. The maximum atomic E-state index is 12.4. The molecule has 7 nitrogen and oxygen atoms in total. The number of aromatic nitrogens is 2.